The van der Waals surface area contributed by atoms with E-state index >= 15 is 0 Å². The monoisotopic (exact) mass is 686 g/mol. The first-order valence-corrected chi connectivity index (χ1v) is 16.6. The minimum absolute atomic E-state index is 0. The predicted molar refractivity (Wildman–Crippen MR) is 185 cm³/mol. The number of aliphatic imine (C=N–C) groups is 2. The predicted octanol–water partition coefficient (Wildman–Crippen LogP) is 5.36. The van der Waals surface area contributed by atoms with E-state index in [0.717, 1.165) is 48.5 Å². The van der Waals surface area contributed by atoms with E-state index in [1.54, 1.807) is 0 Å². The number of aromatic nitrogens is 1. The normalized spacial score (nSPS) is 11.5. The molecule has 3 nitrogen and oxygen atoms in total. The number of rotatable bonds is 16. The molecule has 3 rings (SSSR count). The number of hydrogen-bond donors (Lipinski definition) is 0. The summed E-state index contributed by atoms with van der Waals surface area (Å²) in [5.41, 5.74) is 14.3. The van der Waals surface area contributed by atoms with Crippen molar-refractivity contribution in [1.29, 1.82) is 0 Å². The van der Waals surface area contributed by atoms with Gasteiger partial charge in [0.1, 0.15) is 0 Å². The van der Waals surface area contributed by atoms with E-state index in [2.05, 4.69) is 97.9 Å². The largest absolute Gasteiger partial charge is 2.00 e. The Balaban J connectivity index is 0.00000645. The number of hydrogen-bond acceptors (Lipinski definition) is 3. The van der Waals surface area contributed by atoms with Gasteiger partial charge in [0.05, 0.1) is 34.2 Å². The Labute approximate surface area is 299 Å². The third kappa shape index (κ3) is 13.0. The topological polar surface area (TPSA) is 37.6 Å². The third-order valence-corrected chi connectivity index (χ3v) is 8.07. The summed E-state index contributed by atoms with van der Waals surface area (Å²) in [4.78, 5) is 15.7. The molecule has 0 aliphatic rings. The van der Waals surface area contributed by atoms with Crippen LogP contribution in [0.4, 0.5) is 11.4 Å². The molecule has 0 aliphatic heterocycles. The van der Waals surface area contributed by atoms with Crippen molar-refractivity contribution in [3.05, 3.63) is 87.2 Å². The molecule has 0 saturated heterocycles. The molecule has 245 valence electrons. The third-order valence-electron chi connectivity index (χ3n) is 8.07. The molecular weight excluding hydrogens is 632 g/mol. The first-order valence-electron chi connectivity index (χ1n) is 16.6. The van der Waals surface area contributed by atoms with Crippen LogP contribution in [0.3, 0.4) is 0 Å². The van der Waals surface area contributed by atoms with Gasteiger partial charge >= 0.3 is 18.6 Å². The summed E-state index contributed by atoms with van der Waals surface area (Å²) in [6.07, 6.45) is 13.7. The Bertz CT molecular complexity index is 1220. The first-order chi connectivity index (χ1) is 20.3. The fourth-order valence-corrected chi connectivity index (χ4v) is 5.67. The maximum atomic E-state index is 5.28. The molecule has 0 aliphatic carbocycles. The van der Waals surface area contributed by atoms with Crippen LogP contribution in [0.15, 0.2) is 52.4 Å². The van der Waals surface area contributed by atoms with Crippen molar-refractivity contribution in [3.63, 3.8) is 0 Å². The van der Waals surface area contributed by atoms with Gasteiger partial charge in [-0.05, 0) is 113 Å². The van der Waals surface area contributed by atoms with E-state index in [-0.39, 0.29) is 43.4 Å². The number of aryl methyl sites for hydroxylation is 6. The van der Waals surface area contributed by atoms with Crippen LogP contribution in [-0.2, 0) is 44.2 Å². The molecule has 6 heteroatoms. The molecule has 0 saturated carbocycles. The minimum Gasteiger partial charge on any atom is -1.00 e. The van der Waals surface area contributed by atoms with Crippen molar-refractivity contribution in [2.24, 2.45) is 9.98 Å². The molecule has 0 N–H and O–H groups in total. The Kier molecular flexibility index (Phi) is 21.6. The van der Waals surface area contributed by atoms with Crippen LogP contribution in [0.25, 0.3) is 0 Å². The summed E-state index contributed by atoms with van der Waals surface area (Å²) >= 11 is 0. The molecule has 3 aromatic rings. The van der Waals surface area contributed by atoms with Gasteiger partial charge in [-0.2, -0.15) is 0 Å². The Morgan fingerprint density at radius 1 is 0.556 bits per heavy atom. The van der Waals surface area contributed by atoms with Crippen LogP contribution < -0.4 is 24.8 Å². The molecular formula is C39H55Cl2N3V. The van der Waals surface area contributed by atoms with Gasteiger partial charge in [0, 0.05) is 0 Å². The smallest absolute Gasteiger partial charge is 1.00 e. The summed E-state index contributed by atoms with van der Waals surface area (Å²) in [6, 6.07) is 15.6. The van der Waals surface area contributed by atoms with E-state index in [0.29, 0.717) is 0 Å². The summed E-state index contributed by atoms with van der Waals surface area (Å²) in [7, 11) is 0. The van der Waals surface area contributed by atoms with E-state index in [4.69, 9.17) is 15.0 Å². The van der Waals surface area contributed by atoms with Crippen molar-refractivity contribution >= 4 is 22.8 Å². The minimum atomic E-state index is 0. The van der Waals surface area contributed by atoms with Gasteiger partial charge in [-0.15, -0.1) is 0 Å². The molecule has 45 heavy (non-hydrogen) atoms. The maximum Gasteiger partial charge on any atom is 2.00 e. The number of benzene rings is 2. The molecule has 0 atom stereocenters. The van der Waals surface area contributed by atoms with E-state index < -0.39 is 0 Å². The fraction of sp³-hybridized carbons (Fsp3) is 0.513. The second-order valence-corrected chi connectivity index (χ2v) is 12.1. The number of pyridine rings is 1. The summed E-state index contributed by atoms with van der Waals surface area (Å²) in [5, 5.41) is 0. The molecule has 1 radical (unpaired) electrons. The van der Waals surface area contributed by atoms with E-state index in [1.165, 1.54) is 96.1 Å². The van der Waals surface area contributed by atoms with E-state index in [9.17, 15) is 0 Å². The van der Waals surface area contributed by atoms with Crippen LogP contribution in [0, 0.1) is 13.8 Å². The summed E-state index contributed by atoms with van der Waals surface area (Å²) in [6.45, 7) is 17.7. The average molecular weight is 688 g/mol. The van der Waals surface area contributed by atoms with Crippen LogP contribution in [-0.4, -0.2) is 16.4 Å². The van der Waals surface area contributed by atoms with Gasteiger partial charge in [-0.3, -0.25) is 9.98 Å². The average Bonchev–Trinajstić information content (AvgIpc) is 2.98. The van der Waals surface area contributed by atoms with Gasteiger partial charge in [0.2, 0.25) is 0 Å². The SMILES string of the molecule is CCCCc1cc(C)cc(CCCC)c1N=C(C)c1cccc(C(C)=Nc2c(CCCC)cc(C)cc2CCCC)n1.[Cl-].[Cl-].[V+2]. The molecule has 0 unspecified atom stereocenters. The van der Waals surface area contributed by atoms with Gasteiger partial charge in [0.15, 0.2) is 0 Å². The zero-order chi connectivity index (χ0) is 30.5. The zero-order valence-corrected chi connectivity index (χ0v) is 32.0. The van der Waals surface area contributed by atoms with Gasteiger partial charge in [0.25, 0.3) is 0 Å². The molecule has 1 heterocycles. The van der Waals surface area contributed by atoms with Crippen LogP contribution in [0.2, 0.25) is 0 Å². The van der Waals surface area contributed by atoms with Crippen molar-refractivity contribution in [3.8, 4) is 0 Å². The summed E-state index contributed by atoms with van der Waals surface area (Å²) < 4.78 is 0. The first kappa shape index (κ1) is 43.1. The standard InChI is InChI=1S/C39H55N3.2ClH.V/c1-9-13-18-32-24-28(5)25-33(19-14-10-2)38(32)40-30(7)36-22-17-23-37(42-36)31(8)41-39-34(20-15-11-3)26-29(6)27-35(39)21-16-12-4;;;/h17,22-27H,9-16,18-21H2,1-8H3;2*1H;/q;;;+2/p-2. The number of nitrogens with zero attached hydrogens (tertiary/aromatic N) is 3. The van der Waals surface area contributed by atoms with Gasteiger partial charge in [-0.1, -0.05) is 94.8 Å². The molecule has 0 bridgehead atoms. The van der Waals surface area contributed by atoms with Crippen molar-refractivity contribution in [2.45, 2.75) is 132 Å². The maximum absolute atomic E-state index is 5.28. The Morgan fingerprint density at radius 2 is 0.844 bits per heavy atom. The van der Waals surface area contributed by atoms with Crippen LogP contribution >= 0.6 is 0 Å². The van der Waals surface area contributed by atoms with E-state index in [1.807, 2.05) is 0 Å². The van der Waals surface area contributed by atoms with Gasteiger partial charge in [-0.25, -0.2) is 4.98 Å². The second-order valence-electron chi connectivity index (χ2n) is 12.1. The zero-order valence-electron chi connectivity index (χ0n) is 29.1. The molecule has 0 spiro atoms. The second kappa shape index (κ2) is 22.6. The van der Waals surface area contributed by atoms with Gasteiger partial charge < -0.3 is 24.8 Å². The molecule has 1 aromatic heterocycles. The fourth-order valence-electron chi connectivity index (χ4n) is 5.67. The van der Waals surface area contributed by atoms with Crippen molar-refractivity contribution in [2.75, 3.05) is 0 Å². The summed E-state index contributed by atoms with van der Waals surface area (Å²) in [5.74, 6) is 0. The van der Waals surface area contributed by atoms with Crippen molar-refractivity contribution < 1.29 is 43.4 Å². The molecule has 2 aromatic carbocycles. The van der Waals surface area contributed by atoms with Crippen LogP contribution in [0.5, 0.6) is 0 Å². The molecule has 0 fully saturated rings. The van der Waals surface area contributed by atoms with Crippen LogP contribution in [0.1, 0.15) is 138 Å². The Hall–Kier alpha value is -1.91. The number of unbranched alkanes of at least 4 members (excludes halogenated alkanes) is 4. The van der Waals surface area contributed by atoms with Crippen molar-refractivity contribution in [1.82, 2.24) is 4.98 Å². The number of halogens is 2. The Morgan fingerprint density at radius 3 is 1.11 bits per heavy atom. The quantitative estimate of drug-likeness (QED) is 0.187. The molecule has 0 amide bonds.